The van der Waals surface area contributed by atoms with Crippen LogP contribution in [0.2, 0.25) is 5.02 Å². The van der Waals surface area contributed by atoms with Crippen LogP contribution in [0.15, 0.2) is 23.1 Å². The third-order valence-corrected chi connectivity index (χ3v) is 6.36. The second-order valence-corrected chi connectivity index (χ2v) is 7.93. The summed E-state index contributed by atoms with van der Waals surface area (Å²) in [6, 6.07) is 3.68. The van der Waals surface area contributed by atoms with Crippen molar-refractivity contribution in [3.05, 3.63) is 29.0 Å². The number of hydrogen-bond acceptors (Lipinski definition) is 3. The van der Waals surface area contributed by atoms with Crippen LogP contribution in [0.25, 0.3) is 0 Å². The Morgan fingerprint density at radius 1 is 1.35 bits per heavy atom. The van der Waals surface area contributed by atoms with Crippen molar-refractivity contribution in [3.8, 4) is 0 Å². The molecule has 2 fully saturated rings. The van der Waals surface area contributed by atoms with Crippen molar-refractivity contribution in [1.29, 1.82) is 0 Å². The Balaban J connectivity index is 1.89. The quantitative estimate of drug-likeness (QED) is 0.905. The first kappa shape index (κ1) is 14.3. The highest BCUT2D eigenvalue weighted by Gasteiger charge is 2.44. The molecule has 2 aliphatic heterocycles. The zero-order chi connectivity index (χ0) is 14.4. The number of halogens is 2. The molecule has 1 unspecified atom stereocenters. The van der Waals surface area contributed by atoms with Crippen LogP contribution >= 0.6 is 11.6 Å². The summed E-state index contributed by atoms with van der Waals surface area (Å²) in [6.07, 6.45) is 1.80. The van der Waals surface area contributed by atoms with Crippen molar-refractivity contribution < 1.29 is 12.8 Å². The Hall–Kier alpha value is -0.690. The van der Waals surface area contributed by atoms with Crippen LogP contribution in [0, 0.1) is 11.2 Å². The molecule has 2 heterocycles. The first-order valence-electron chi connectivity index (χ1n) is 6.59. The normalized spacial score (nSPS) is 27.5. The van der Waals surface area contributed by atoms with E-state index >= 15 is 0 Å². The molecule has 0 bridgehead atoms. The van der Waals surface area contributed by atoms with Gasteiger partial charge in [-0.05, 0) is 43.0 Å². The van der Waals surface area contributed by atoms with E-state index < -0.39 is 15.8 Å². The third-order valence-electron chi connectivity index (χ3n) is 4.25. The molecule has 0 radical (unpaired) electrons. The zero-order valence-electron chi connectivity index (χ0n) is 10.9. The SMILES string of the molecule is O=S(=O)(c1ccc(Cl)cc1F)N1CCC2(CCNC2)C1. The standard InChI is InChI=1S/C13H16ClFN2O2S/c14-10-1-2-12(11(15)7-10)20(18,19)17-6-4-13(9-17)3-5-16-8-13/h1-2,7,16H,3-6,8-9H2. The van der Waals surface area contributed by atoms with E-state index in [-0.39, 0.29) is 15.3 Å². The second kappa shape index (κ2) is 4.94. The number of rotatable bonds is 2. The maximum atomic E-state index is 13.9. The molecular weight excluding hydrogens is 303 g/mol. The van der Waals surface area contributed by atoms with Crippen LogP contribution in [0.3, 0.4) is 0 Å². The van der Waals surface area contributed by atoms with Crippen molar-refractivity contribution >= 4 is 21.6 Å². The first-order valence-corrected chi connectivity index (χ1v) is 8.41. The number of hydrogen-bond donors (Lipinski definition) is 1. The lowest BCUT2D eigenvalue weighted by Crippen LogP contribution is -2.33. The third kappa shape index (κ3) is 2.35. The summed E-state index contributed by atoms with van der Waals surface area (Å²) in [5.41, 5.74) is 0.0238. The second-order valence-electron chi connectivity index (χ2n) is 5.59. The molecule has 0 saturated carbocycles. The lowest BCUT2D eigenvalue weighted by Gasteiger charge is -2.22. The molecule has 7 heteroatoms. The smallest absolute Gasteiger partial charge is 0.246 e. The Labute approximate surface area is 123 Å². The highest BCUT2D eigenvalue weighted by molar-refractivity contribution is 7.89. The van der Waals surface area contributed by atoms with Gasteiger partial charge in [0, 0.05) is 24.7 Å². The fourth-order valence-electron chi connectivity index (χ4n) is 3.07. The van der Waals surface area contributed by atoms with E-state index in [2.05, 4.69) is 5.32 Å². The fraction of sp³-hybridized carbons (Fsp3) is 0.538. The minimum absolute atomic E-state index is 0.0238. The van der Waals surface area contributed by atoms with Crippen molar-refractivity contribution in [3.63, 3.8) is 0 Å². The molecule has 0 aliphatic carbocycles. The predicted molar refractivity (Wildman–Crippen MR) is 74.7 cm³/mol. The summed E-state index contributed by atoms with van der Waals surface area (Å²) < 4.78 is 40.3. The van der Waals surface area contributed by atoms with Crippen LogP contribution in [0.4, 0.5) is 4.39 Å². The first-order chi connectivity index (χ1) is 9.43. The summed E-state index contributed by atoms with van der Waals surface area (Å²) >= 11 is 5.67. The fourth-order valence-corrected chi connectivity index (χ4v) is 4.82. The summed E-state index contributed by atoms with van der Waals surface area (Å²) in [5.74, 6) is -0.789. The summed E-state index contributed by atoms with van der Waals surface area (Å²) in [5, 5.41) is 3.47. The van der Waals surface area contributed by atoms with Gasteiger partial charge >= 0.3 is 0 Å². The minimum atomic E-state index is -3.78. The van der Waals surface area contributed by atoms with E-state index in [0.717, 1.165) is 32.0 Å². The average Bonchev–Trinajstić information content (AvgIpc) is 3.00. The average molecular weight is 319 g/mol. The molecular formula is C13H16ClFN2O2S. The molecule has 2 aliphatic rings. The van der Waals surface area contributed by atoms with Crippen molar-refractivity contribution in [1.82, 2.24) is 9.62 Å². The summed E-state index contributed by atoms with van der Waals surface area (Å²) in [7, 11) is -3.78. The highest BCUT2D eigenvalue weighted by Crippen LogP contribution is 2.38. The van der Waals surface area contributed by atoms with Gasteiger partial charge in [0.2, 0.25) is 10.0 Å². The Morgan fingerprint density at radius 3 is 2.80 bits per heavy atom. The van der Waals surface area contributed by atoms with Gasteiger partial charge in [-0.15, -0.1) is 0 Å². The molecule has 2 saturated heterocycles. The van der Waals surface area contributed by atoms with E-state index in [0.29, 0.717) is 13.1 Å². The Kier molecular flexibility index (Phi) is 3.52. The molecule has 1 spiro atoms. The highest BCUT2D eigenvalue weighted by atomic mass is 35.5. The lowest BCUT2D eigenvalue weighted by atomic mass is 9.87. The molecule has 1 aromatic rings. The van der Waals surface area contributed by atoms with E-state index in [9.17, 15) is 12.8 Å². The van der Waals surface area contributed by atoms with Gasteiger partial charge in [0.25, 0.3) is 0 Å². The number of nitrogens with one attached hydrogen (secondary N) is 1. The van der Waals surface area contributed by atoms with Crippen molar-refractivity contribution in [2.45, 2.75) is 17.7 Å². The van der Waals surface area contributed by atoms with Gasteiger partial charge in [0.05, 0.1) is 0 Å². The van der Waals surface area contributed by atoms with Gasteiger partial charge < -0.3 is 5.32 Å². The minimum Gasteiger partial charge on any atom is -0.316 e. The van der Waals surface area contributed by atoms with Crippen LogP contribution in [0.1, 0.15) is 12.8 Å². The van der Waals surface area contributed by atoms with E-state index in [4.69, 9.17) is 11.6 Å². The molecule has 1 N–H and O–H groups in total. The molecule has 0 amide bonds. The van der Waals surface area contributed by atoms with Gasteiger partial charge in [0.15, 0.2) is 0 Å². The number of nitrogens with zero attached hydrogens (tertiary/aromatic N) is 1. The Bertz CT molecular complexity index is 629. The maximum Gasteiger partial charge on any atom is 0.246 e. The van der Waals surface area contributed by atoms with Crippen LogP contribution in [-0.2, 0) is 10.0 Å². The van der Waals surface area contributed by atoms with Gasteiger partial charge in [-0.25, -0.2) is 12.8 Å². The molecule has 1 aromatic carbocycles. The molecule has 1 atom stereocenters. The Morgan fingerprint density at radius 2 is 2.15 bits per heavy atom. The van der Waals surface area contributed by atoms with Crippen LogP contribution < -0.4 is 5.32 Å². The molecule has 20 heavy (non-hydrogen) atoms. The van der Waals surface area contributed by atoms with E-state index in [1.54, 1.807) is 0 Å². The van der Waals surface area contributed by atoms with Gasteiger partial charge in [-0.3, -0.25) is 0 Å². The molecule has 0 aromatic heterocycles. The van der Waals surface area contributed by atoms with E-state index in [1.807, 2.05) is 0 Å². The largest absolute Gasteiger partial charge is 0.316 e. The van der Waals surface area contributed by atoms with E-state index in [1.165, 1.54) is 16.4 Å². The van der Waals surface area contributed by atoms with Crippen molar-refractivity contribution in [2.75, 3.05) is 26.2 Å². The monoisotopic (exact) mass is 318 g/mol. The molecule has 110 valence electrons. The van der Waals surface area contributed by atoms with Gasteiger partial charge in [-0.1, -0.05) is 11.6 Å². The van der Waals surface area contributed by atoms with Crippen molar-refractivity contribution in [2.24, 2.45) is 5.41 Å². The number of sulfonamides is 1. The maximum absolute atomic E-state index is 13.9. The van der Waals surface area contributed by atoms with Crippen LogP contribution in [-0.4, -0.2) is 38.9 Å². The van der Waals surface area contributed by atoms with Gasteiger partial charge in [-0.2, -0.15) is 4.31 Å². The summed E-state index contributed by atoms with van der Waals surface area (Å²) in [6.45, 7) is 2.67. The molecule has 3 rings (SSSR count). The summed E-state index contributed by atoms with van der Waals surface area (Å²) in [4.78, 5) is -0.287. The zero-order valence-corrected chi connectivity index (χ0v) is 12.5. The van der Waals surface area contributed by atoms with Crippen LogP contribution in [0.5, 0.6) is 0 Å². The predicted octanol–water partition coefficient (Wildman–Crippen LogP) is 1.85. The van der Waals surface area contributed by atoms with Gasteiger partial charge in [0.1, 0.15) is 10.7 Å². The topological polar surface area (TPSA) is 49.4 Å². The lowest BCUT2D eigenvalue weighted by molar-refractivity contribution is 0.337. The number of benzene rings is 1. The molecule has 4 nitrogen and oxygen atoms in total.